The second-order valence-electron chi connectivity index (χ2n) is 0. The average Bonchev–Trinajstić information content (AvgIpc) is 0. The normalized spacial score (nSPS) is 0. The first-order valence-corrected chi connectivity index (χ1v) is 0. The molecule has 0 saturated carbocycles. The van der Waals surface area contributed by atoms with Gasteiger partial charge >= 0.3 is 54.5 Å². The Balaban J connectivity index is 0. The molecule has 0 bridgehead atoms. The third-order valence-electron chi connectivity index (χ3n) is 0. The van der Waals surface area contributed by atoms with Gasteiger partial charge in [-0.25, -0.2) is 0 Å². The van der Waals surface area contributed by atoms with Gasteiger partial charge in [0.15, 0.2) is 0 Å². The third kappa shape index (κ3) is 46.1. The molecule has 0 rings (SSSR count). The van der Waals surface area contributed by atoms with Gasteiger partial charge in [0.2, 0.25) is 0 Å². The molecule has 0 aliphatic carbocycles. The predicted octanol–water partition coefficient (Wildman–Crippen LogP) is -1.09. The van der Waals surface area contributed by atoms with E-state index >= 15 is 0 Å². The van der Waals surface area contributed by atoms with E-state index < -0.39 is 0 Å². The van der Waals surface area contributed by atoms with Crippen molar-refractivity contribution in [3.8, 4) is 0 Å². The van der Waals surface area contributed by atoms with Gasteiger partial charge in [-0.3, -0.25) is 0 Å². The van der Waals surface area contributed by atoms with E-state index in [0.29, 0.717) is 0 Å². The zero-order chi connectivity index (χ0) is 0. The molecular weight excluding hydrogens is 163 g/mol. The fourth-order valence-corrected chi connectivity index (χ4v) is 0. The van der Waals surface area contributed by atoms with Gasteiger partial charge in [-0.2, -0.15) is 0 Å². The number of hydrogen-bond acceptors (Lipinski definition) is 4. The maximum absolute atomic E-state index is 0. The van der Waals surface area contributed by atoms with E-state index in [-0.39, 0.29) is 76.4 Å². The van der Waals surface area contributed by atoms with E-state index in [2.05, 4.69) is 0 Å². The Hall–Kier alpha value is 1.61. The second-order valence-corrected chi connectivity index (χ2v) is 0. The smallest absolute Gasteiger partial charge is 0.870 e. The van der Waals surface area contributed by atoms with Crippen LogP contribution < -0.4 is 0 Å². The molecule has 0 amide bonds. The van der Waals surface area contributed by atoms with Crippen LogP contribution in [0.2, 0.25) is 0 Å². The quantitative estimate of drug-likeness (QED) is 0.425. The van der Waals surface area contributed by atoms with Crippen molar-refractivity contribution < 1.29 is 38.7 Å². The minimum absolute atomic E-state index is 0. The largest absolute Gasteiger partial charge is 2.00 e. The molecule has 1 radical (unpaired) electrons. The average molecular weight is 167 g/mol. The molecular formula is H4CaCoO4. The van der Waals surface area contributed by atoms with Crippen molar-refractivity contribution in [2.75, 3.05) is 0 Å². The summed E-state index contributed by atoms with van der Waals surface area (Å²) in [6, 6.07) is 0. The monoisotopic (exact) mass is 167 g/mol. The van der Waals surface area contributed by atoms with Crippen molar-refractivity contribution in [3.05, 3.63) is 0 Å². The summed E-state index contributed by atoms with van der Waals surface area (Å²) in [6.07, 6.45) is 0. The van der Waals surface area contributed by atoms with E-state index in [1.165, 1.54) is 0 Å². The molecule has 0 aromatic carbocycles. The van der Waals surface area contributed by atoms with Crippen LogP contribution in [-0.4, -0.2) is 59.6 Å². The summed E-state index contributed by atoms with van der Waals surface area (Å²) in [7, 11) is 0. The van der Waals surface area contributed by atoms with Gasteiger partial charge in [-0.05, 0) is 0 Å². The fraction of sp³-hybridized carbons (Fsp3) is 0. The van der Waals surface area contributed by atoms with Gasteiger partial charge in [-0.15, -0.1) is 0 Å². The van der Waals surface area contributed by atoms with Gasteiger partial charge < -0.3 is 21.9 Å². The third-order valence-corrected chi connectivity index (χ3v) is 0. The maximum Gasteiger partial charge on any atom is 2.00 e. The van der Waals surface area contributed by atoms with Crippen LogP contribution in [0.5, 0.6) is 0 Å². The van der Waals surface area contributed by atoms with Gasteiger partial charge in [0.1, 0.15) is 0 Å². The Labute approximate surface area is 75.7 Å². The van der Waals surface area contributed by atoms with Crippen molar-refractivity contribution in [3.63, 3.8) is 0 Å². The molecule has 0 aliphatic heterocycles. The fourth-order valence-electron chi connectivity index (χ4n) is 0. The predicted molar refractivity (Wildman–Crippen MR) is 13.5 cm³/mol. The Kier molecular flexibility index (Phi) is 1730. The molecule has 0 saturated heterocycles. The van der Waals surface area contributed by atoms with Gasteiger partial charge in [-0.1, -0.05) is 0 Å². The molecule has 6 heavy (non-hydrogen) atoms. The van der Waals surface area contributed by atoms with Crippen LogP contribution in [0.3, 0.4) is 0 Å². The molecule has 0 aromatic rings. The molecule has 0 aliphatic rings. The first-order chi connectivity index (χ1) is 0. The molecule has 0 spiro atoms. The van der Waals surface area contributed by atoms with Gasteiger partial charge in [0.05, 0.1) is 0 Å². The van der Waals surface area contributed by atoms with Crippen LogP contribution in [0.1, 0.15) is 0 Å². The van der Waals surface area contributed by atoms with Gasteiger partial charge in [0, 0.05) is 0 Å². The molecule has 0 heterocycles. The van der Waals surface area contributed by atoms with Crippen molar-refractivity contribution in [1.82, 2.24) is 0 Å². The van der Waals surface area contributed by atoms with Crippen LogP contribution in [0.4, 0.5) is 0 Å². The Morgan fingerprint density at radius 1 is 0.500 bits per heavy atom. The van der Waals surface area contributed by atoms with Crippen molar-refractivity contribution >= 4 is 37.7 Å². The first-order valence-electron chi connectivity index (χ1n) is 0. The zero-order valence-corrected chi connectivity index (χ0v) is 6.08. The second kappa shape index (κ2) is 80.5. The topological polar surface area (TPSA) is 120 Å². The molecule has 4 nitrogen and oxygen atoms in total. The van der Waals surface area contributed by atoms with Crippen molar-refractivity contribution in [1.29, 1.82) is 0 Å². The summed E-state index contributed by atoms with van der Waals surface area (Å²) >= 11 is 0. The van der Waals surface area contributed by atoms with Crippen molar-refractivity contribution in [2.45, 2.75) is 0 Å². The van der Waals surface area contributed by atoms with Crippen LogP contribution in [-0.2, 0) is 16.8 Å². The summed E-state index contributed by atoms with van der Waals surface area (Å²) in [5, 5.41) is 0. The van der Waals surface area contributed by atoms with E-state index in [0.717, 1.165) is 0 Å². The molecule has 4 N–H and O–H groups in total. The van der Waals surface area contributed by atoms with Crippen LogP contribution >= 0.6 is 0 Å². The minimum atomic E-state index is 0. The van der Waals surface area contributed by atoms with Crippen molar-refractivity contribution in [2.24, 2.45) is 0 Å². The SMILES string of the molecule is [Ca+2].[Co+2].[OH-].[OH-].[OH-].[OH-]. The summed E-state index contributed by atoms with van der Waals surface area (Å²) in [5.41, 5.74) is 0. The molecule has 39 valence electrons. The Morgan fingerprint density at radius 3 is 0.500 bits per heavy atom. The molecule has 0 aromatic heterocycles. The number of rotatable bonds is 0. The van der Waals surface area contributed by atoms with Crippen LogP contribution in [0.25, 0.3) is 0 Å². The first kappa shape index (κ1) is 129. The molecule has 0 atom stereocenters. The molecule has 6 heteroatoms. The van der Waals surface area contributed by atoms with E-state index in [9.17, 15) is 0 Å². The van der Waals surface area contributed by atoms with Gasteiger partial charge in [0.25, 0.3) is 0 Å². The summed E-state index contributed by atoms with van der Waals surface area (Å²) in [5.74, 6) is 0. The molecule has 0 fully saturated rings. The summed E-state index contributed by atoms with van der Waals surface area (Å²) < 4.78 is 0. The van der Waals surface area contributed by atoms with Crippen LogP contribution in [0.15, 0.2) is 0 Å². The Morgan fingerprint density at radius 2 is 0.500 bits per heavy atom. The maximum atomic E-state index is 0. The van der Waals surface area contributed by atoms with E-state index in [1.54, 1.807) is 0 Å². The summed E-state index contributed by atoms with van der Waals surface area (Å²) in [4.78, 5) is 0. The Bertz CT molecular complexity index is 7.51. The van der Waals surface area contributed by atoms with Crippen LogP contribution in [0, 0.1) is 0 Å². The van der Waals surface area contributed by atoms with E-state index in [4.69, 9.17) is 0 Å². The molecule has 0 unspecified atom stereocenters. The standard InChI is InChI=1S/Ca.Co.4H2O/h;;4*1H2/q2*+2;;;;/p-4. The minimum Gasteiger partial charge on any atom is -0.870 e. The number of hydrogen-bond donors (Lipinski definition) is 0. The van der Waals surface area contributed by atoms with E-state index in [1.807, 2.05) is 0 Å². The zero-order valence-electron chi connectivity index (χ0n) is 2.83. The summed E-state index contributed by atoms with van der Waals surface area (Å²) in [6.45, 7) is 0.